The lowest BCUT2D eigenvalue weighted by atomic mass is 10.1. The van der Waals surface area contributed by atoms with Gasteiger partial charge < -0.3 is 15.4 Å². The Labute approximate surface area is 112 Å². The number of alkyl carbamates (subject to hydrolysis) is 1. The number of nitrogens with one attached hydrogen (secondary N) is 2. The molecule has 2 amide bonds. The van der Waals surface area contributed by atoms with Gasteiger partial charge in [0.25, 0.3) is 0 Å². The molecule has 1 fully saturated rings. The third kappa shape index (κ3) is 3.98. The lowest BCUT2D eigenvalue weighted by molar-refractivity contribution is -0.111. The molecule has 1 aliphatic rings. The van der Waals surface area contributed by atoms with E-state index < -0.39 is 6.09 Å². The van der Waals surface area contributed by atoms with E-state index in [1.807, 2.05) is 37.3 Å². The molecule has 1 saturated heterocycles. The molecule has 1 aromatic carbocycles. The Balaban J connectivity index is 1.78. The maximum Gasteiger partial charge on any atom is 0.407 e. The highest BCUT2D eigenvalue weighted by atomic mass is 16.5. The molecule has 0 saturated carbocycles. The quantitative estimate of drug-likeness (QED) is 0.764. The third-order valence-corrected chi connectivity index (χ3v) is 3.01. The van der Waals surface area contributed by atoms with Gasteiger partial charge in [-0.3, -0.25) is 4.79 Å². The summed E-state index contributed by atoms with van der Waals surface area (Å²) in [5.74, 6) is -0.0122. The summed E-state index contributed by atoms with van der Waals surface area (Å²) in [6.45, 7) is 2.24. The van der Waals surface area contributed by atoms with Crippen molar-refractivity contribution >= 4 is 12.0 Å². The molecule has 0 radical (unpaired) electrons. The molecule has 19 heavy (non-hydrogen) atoms. The molecule has 5 nitrogen and oxygen atoms in total. The van der Waals surface area contributed by atoms with Gasteiger partial charge in [0.05, 0.1) is 6.04 Å². The van der Waals surface area contributed by atoms with Gasteiger partial charge in [-0.25, -0.2) is 4.79 Å². The van der Waals surface area contributed by atoms with Crippen LogP contribution >= 0.6 is 0 Å². The summed E-state index contributed by atoms with van der Waals surface area (Å²) in [6.07, 6.45) is 1.17. The Morgan fingerprint density at radius 2 is 2.11 bits per heavy atom. The van der Waals surface area contributed by atoms with Gasteiger partial charge in [-0.1, -0.05) is 43.7 Å². The van der Waals surface area contributed by atoms with Crippen LogP contribution in [0.15, 0.2) is 30.3 Å². The van der Waals surface area contributed by atoms with Crippen LogP contribution in [0.2, 0.25) is 0 Å². The second-order valence-corrected chi connectivity index (χ2v) is 4.59. The predicted octanol–water partition coefficient (Wildman–Crippen LogP) is 1.58. The van der Waals surface area contributed by atoms with Crippen molar-refractivity contribution in [1.82, 2.24) is 10.6 Å². The van der Waals surface area contributed by atoms with Crippen molar-refractivity contribution in [3.63, 3.8) is 0 Å². The number of benzene rings is 1. The molecule has 2 atom stereocenters. The fourth-order valence-corrected chi connectivity index (χ4v) is 1.94. The second-order valence-electron chi connectivity index (χ2n) is 4.59. The Morgan fingerprint density at radius 1 is 1.42 bits per heavy atom. The van der Waals surface area contributed by atoms with Crippen LogP contribution in [0.4, 0.5) is 4.79 Å². The van der Waals surface area contributed by atoms with Crippen molar-refractivity contribution < 1.29 is 14.3 Å². The van der Waals surface area contributed by atoms with Gasteiger partial charge >= 0.3 is 6.09 Å². The Hall–Kier alpha value is -2.04. The summed E-state index contributed by atoms with van der Waals surface area (Å²) in [6, 6.07) is 9.05. The van der Waals surface area contributed by atoms with Gasteiger partial charge in [0.15, 0.2) is 0 Å². The predicted molar refractivity (Wildman–Crippen MR) is 70.4 cm³/mol. The van der Waals surface area contributed by atoms with E-state index in [0.717, 1.165) is 18.4 Å². The van der Waals surface area contributed by atoms with Crippen LogP contribution in [0, 0.1) is 0 Å². The molecule has 0 aromatic heterocycles. The number of hydrogen-bond acceptors (Lipinski definition) is 3. The molecule has 2 N–H and O–H groups in total. The molecule has 0 spiro atoms. The van der Waals surface area contributed by atoms with Crippen molar-refractivity contribution in [2.75, 3.05) is 0 Å². The van der Waals surface area contributed by atoms with Gasteiger partial charge in [0.1, 0.15) is 12.6 Å². The first-order valence-electron chi connectivity index (χ1n) is 6.48. The first-order valence-corrected chi connectivity index (χ1v) is 6.48. The van der Waals surface area contributed by atoms with Crippen molar-refractivity contribution in [2.24, 2.45) is 0 Å². The highest BCUT2D eigenvalue weighted by Crippen LogP contribution is 2.12. The fourth-order valence-electron chi connectivity index (χ4n) is 1.94. The van der Waals surface area contributed by atoms with E-state index in [0.29, 0.717) is 0 Å². The second kappa shape index (κ2) is 6.22. The summed E-state index contributed by atoms with van der Waals surface area (Å²) in [4.78, 5) is 22.7. The van der Waals surface area contributed by atoms with Crippen molar-refractivity contribution in [3.8, 4) is 0 Å². The van der Waals surface area contributed by atoms with Crippen LogP contribution in [0.3, 0.4) is 0 Å². The monoisotopic (exact) mass is 262 g/mol. The van der Waals surface area contributed by atoms with Crippen LogP contribution in [-0.2, 0) is 16.1 Å². The van der Waals surface area contributed by atoms with Gasteiger partial charge in [0, 0.05) is 0 Å². The zero-order chi connectivity index (χ0) is 13.7. The summed E-state index contributed by atoms with van der Waals surface area (Å²) in [5, 5.41) is 5.42. The van der Waals surface area contributed by atoms with E-state index in [-0.39, 0.29) is 24.6 Å². The Morgan fingerprint density at radius 3 is 2.68 bits per heavy atom. The highest BCUT2D eigenvalue weighted by molar-refractivity contribution is 5.97. The van der Waals surface area contributed by atoms with Crippen molar-refractivity contribution in [2.45, 2.75) is 38.5 Å². The van der Waals surface area contributed by atoms with Crippen molar-refractivity contribution in [1.29, 1.82) is 0 Å². The lowest BCUT2D eigenvalue weighted by Gasteiger charge is -2.15. The molecule has 1 unspecified atom stereocenters. The maximum atomic E-state index is 11.7. The number of carbonyl (C=O) groups excluding carboxylic acids is 2. The van der Waals surface area contributed by atoms with E-state index in [1.54, 1.807) is 0 Å². The maximum absolute atomic E-state index is 11.7. The number of hydrogen-bond donors (Lipinski definition) is 2. The summed E-state index contributed by atoms with van der Waals surface area (Å²) >= 11 is 0. The minimum atomic E-state index is -0.483. The van der Waals surface area contributed by atoms with Crippen LogP contribution in [-0.4, -0.2) is 24.1 Å². The molecule has 102 valence electrons. The smallest absolute Gasteiger partial charge is 0.407 e. The normalized spacial score (nSPS) is 18.4. The molecule has 5 heteroatoms. The molecular formula is C14H18N2O3. The van der Waals surface area contributed by atoms with E-state index in [9.17, 15) is 9.59 Å². The van der Waals surface area contributed by atoms with E-state index in [4.69, 9.17) is 4.74 Å². The molecule has 1 heterocycles. The molecule has 2 rings (SSSR count). The molecule has 1 aromatic rings. The lowest BCUT2D eigenvalue weighted by Crippen LogP contribution is -2.40. The van der Waals surface area contributed by atoms with Gasteiger partial charge in [-0.05, 0) is 12.0 Å². The van der Waals surface area contributed by atoms with Crippen LogP contribution in [0.25, 0.3) is 0 Å². The number of carbonyl (C=O) groups is 2. The van der Waals surface area contributed by atoms with E-state index >= 15 is 0 Å². The largest absolute Gasteiger partial charge is 0.445 e. The minimum Gasteiger partial charge on any atom is -0.445 e. The standard InChI is InChI=1S/C14H18N2O3/c1-2-6-11(12-13(17)16-12)15-14(18)19-9-10-7-4-3-5-8-10/h3-5,7-8,11-12H,2,6,9H2,1H3,(H,15,18)(H,16,17)/t11-,12?/m0/s1. The Bertz CT molecular complexity index is 447. The fraction of sp³-hybridized carbons (Fsp3) is 0.429. The van der Waals surface area contributed by atoms with Gasteiger partial charge in [-0.15, -0.1) is 0 Å². The number of amides is 2. The summed E-state index contributed by atoms with van der Waals surface area (Å²) < 4.78 is 5.13. The van der Waals surface area contributed by atoms with Crippen LogP contribution in [0.5, 0.6) is 0 Å². The average molecular weight is 262 g/mol. The number of rotatable bonds is 6. The highest BCUT2D eigenvalue weighted by Gasteiger charge is 2.41. The van der Waals surface area contributed by atoms with E-state index in [2.05, 4.69) is 10.6 Å². The zero-order valence-corrected chi connectivity index (χ0v) is 10.9. The number of ether oxygens (including phenoxy) is 1. The third-order valence-electron chi connectivity index (χ3n) is 3.01. The first-order chi connectivity index (χ1) is 9.20. The topological polar surface area (TPSA) is 77.3 Å². The molecule has 1 aliphatic heterocycles. The summed E-state index contributed by atoms with van der Waals surface area (Å²) in [7, 11) is 0. The average Bonchev–Trinajstić information content (AvgIpc) is 3.14. The van der Waals surface area contributed by atoms with E-state index in [1.165, 1.54) is 0 Å². The van der Waals surface area contributed by atoms with Crippen LogP contribution in [0.1, 0.15) is 25.3 Å². The Kier molecular flexibility index (Phi) is 4.39. The first kappa shape index (κ1) is 13.4. The zero-order valence-electron chi connectivity index (χ0n) is 10.9. The SMILES string of the molecule is CCC[C@H](NC(=O)OCc1ccccc1)C1NC1=O. The minimum absolute atomic E-state index is 0.0122. The molecule has 0 bridgehead atoms. The summed E-state index contributed by atoms with van der Waals surface area (Å²) in [5.41, 5.74) is 0.935. The molecular weight excluding hydrogens is 244 g/mol. The molecule has 0 aliphatic carbocycles. The van der Waals surface area contributed by atoms with Gasteiger partial charge in [0.2, 0.25) is 5.91 Å². The van der Waals surface area contributed by atoms with Crippen LogP contribution < -0.4 is 10.6 Å². The van der Waals surface area contributed by atoms with Gasteiger partial charge in [-0.2, -0.15) is 0 Å². The van der Waals surface area contributed by atoms with Crippen molar-refractivity contribution in [3.05, 3.63) is 35.9 Å².